The number of aliphatic hydroxyl groups is 1. The van der Waals surface area contributed by atoms with Crippen LogP contribution in [0.1, 0.15) is 26.7 Å². The quantitative estimate of drug-likeness (QED) is 0.660. The zero-order chi connectivity index (χ0) is 13.4. The second-order valence-corrected chi connectivity index (χ2v) is 5.55. The number of likely N-dealkylation sites (tertiary alicyclic amines) is 1. The van der Waals surface area contributed by atoms with Gasteiger partial charge in [-0.05, 0) is 52.7 Å². The van der Waals surface area contributed by atoms with Gasteiger partial charge in [0, 0.05) is 26.2 Å². The molecule has 0 amide bonds. The predicted molar refractivity (Wildman–Crippen MR) is 74.8 cm³/mol. The summed E-state index contributed by atoms with van der Waals surface area (Å²) >= 11 is 0. The largest absolute Gasteiger partial charge is 0.392 e. The summed E-state index contributed by atoms with van der Waals surface area (Å²) in [5.41, 5.74) is 0. The van der Waals surface area contributed by atoms with E-state index in [1.165, 1.54) is 19.4 Å². The highest BCUT2D eigenvalue weighted by Gasteiger charge is 2.20. The van der Waals surface area contributed by atoms with Crippen LogP contribution in [0.2, 0.25) is 0 Å². The van der Waals surface area contributed by atoms with E-state index in [1.54, 1.807) is 0 Å². The maximum absolute atomic E-state index is 9.37. The first-order chi connectivity index (χ1) is 8.61. The van der Waals surface area contributed by atoms with Crippen molar-refractivity contribution in [3.63, 3.8) is 0 Å². The van der Waals surface area contributed by atoms with Crippen LogP contribution in [0.4, 0.5) is 0 Å². The third kappa shape index (κ3) is 6.69. The fourth-order valence-corrected chi connectivity index (χ4v) is 2.62. The summed E-state index contributed by atoms with van der Waals surface area (Å²) in [7, 11) is 2.18. The maximum Gasteiger partial charge on any atom is 0.0639 e. The molecule has 1 aliphatic rings. The zero-order valence-electron chi connectivity index (χ0n) is 12.3. The summed E-state index contributed by atoms with van der Waals surface area (Å²) in [4.78, 5) is 4.76. The average molecular weight is 258 g/mol. The summed E-state index contributed by atoms with van der Waals surface area (Å²) in [5, 5.41) is 9.37. The smallest absolute Gasteiger partial charge is 0.0639 e. The Balaban J connectivity index is 2.11. The summed E-state index contributed by atoms with van der Waals surface area (Å²) in [6.45, 7) is 10.9. The molecule has 108 valence electrons. The first-order valence-corrected chi connectivity index (χ1v) is 7.28. The van der Waals surface area contributed by atoms with Crippen molar-refractivity contribution in [2.45, 2.75) is 32.8 Å². The average Bonchev–Trinajstić information content (AvgIpc) is 2.31. The van der Waals surface area contributed by atoms with E-state index >= 15 is 0 Å². The molecule has 0 aromatic carbocycles. The zero-order valence-corrected chi connectivity index (χ0v) is 12.3. The third-order valence-electron chi connectivity index (χ3n) is 3.62. The molecule has 0 spiro atoms. The molecule has 4 heteroatoms. The summed E-state index contributed by atoms with van der Waals surface area (Å²) in [6, 6.07) is 0. The normalized spacial score (nSPS) is 20.5. The van der Waals surface area contributed by atoms with Crippen LogP contribution in [0.25, 0.3) is 0 Å². The van der Waals surface area contributed by atoms with Crippen LogP contribution < -0.4 is 0 Å². The Bertz CT molecular complexity index is 204. The Labute approximate surface area is 112 Å². The molecule has 0 radical (unpaired) electrons. The van der Waals surface area contributed by atoms with Crippen molar-refractivity contribution in [3.05, 3.63) is 0 Å². The van der Waals surface area contributed by atoms with Crippen molar-refractivity contribution in [2.75, 3.05) is 53.0 Å². The van der Waals surface area contributed by atoms with Crippen molar-refractivity contribution in [3.8, 4) is 0 Å². The molecule has 1 unspecified atom stereocenters. The van der Waals surface area contributed by atoms with Crippen LogP contribution in [0.5, 0.6) is 0 Å². The Morgan fingerprint density at radius 1 is 1.39 bits per heavy atom. The minimum absolute atomic E-state index is 0.199. The summed E-state index contributed by atoms with van der Waals surface area (Å²) in [5.74, 6) is 0.807. The SMILES string of the molecule is CCOCCN(C)CC1CCN(CC(C)O)CC1. The Kier molecular flexibility index (Phi) is 7.82. The van der Waals surface area contributed by atoms with Crippen molar-refractivity contribution >= 4 is 0 Å². The van der Waals surface area contributed by atoms with Gasteiger partial charge in [-0.25, -0.2) is 0 Å². The molecule has 1 aliphatic heterocycles. The minimum atomic E-state index is -0.199. The molecular formula is C14H30N2O2. The van der Waals surface area contributed by atoms with Crippen molar-refractivity contribution in [2.24, 2.45) is 5.92 Å². The molecule has 1 N–H and O–H groups in total. The van der Waals surface area contributed by atoms with Crippen LogP contribution in [-0.4, -0.2) is 74.0 Å². The van der Waals surface area contributed by atoms with Crippen LogP contribution in [0.3, 0.4) is 0 Å². The minimum Gasteiger partial charge on any atom is -0.392 e. The lowest BCUT2D eigenvalue weighted by molar-refractivity contribution is 0.0836. The van der Waals surface area contributed by atoms with E-state index in [4.69, 9.17) is 4.74 Å². The lowest BCUT2D eigenvalue weighted by Gasteiger charge is -2.34. The monoisotopic (exact) mass is 258 g/mol. The van der Waals surface area contributed by atoms with Gasteiger partial charge < -0.3 is 19.6 Å². The number of aliphatic hydroxyl groups excluding tert-OH is 1. The van der Waals surface area contributed by atoms with Gasteiger partial charge in [0.15, 0.2) is 0 Å². The first kappa shape index (κ1) is 15.9. The van der Waals surface area contributed by atoms with Crippen molar-refractivity contribution < 1.29 is 9.84 Å². The van der Waals surface area contributed by atoms with E-state index in [0.29, 0.717) is 0 Å². The lowest BCUT2D eigenvalue weighted by Crippen LogP contribution is -2.41. The summed E-state index contributed by atoms with van der Waals surface area (Å²) in [6.07, 6.45) is 2.31. The second-order valence-electron chi connectivity index (χ2n) is 5.55. The van der Waals surface area contributed by atoms with Gasteiger partial charge in [0.25, 0.3) is 0 Å². The van der Waals surface area contributed by atoms with Crippen LogP contribution >= 0.6 is 0 Å². The first-order valence-electron chi connectivity index (χ1n) is 7.28. The van der Waals surface area contributed by atoms with Crippen LogP contribution in [0, 0.1) is 5.92 Å². The Morgan fingerprint density at radius 2 is 2.06 bits per heavy atom. The van der Waals surface area contributed by atoms with Gasteiger partial charge in [0.05, 0.1) is 12.7 Å². The van der Waals surface area contributed by atoms with Gasteiger partial charge in [-0.15, -0.1) is 0 Å². The van der Waals surface area contributed by atoms with Crippen molar-refractivity contribution in [1.29, 1.82) is 0 Å². The highest BCUT2D eigenvalue weighted by Crippen LogP contribution is 2.18. The molecule has 1 saturated heterocycles. The Hall–Kier alpha value is -0.160. The molecule has 1 atom stereocenters. The maximum atomic E-state index is 9.37. The highest BCUT2D eigenvalue weighted by atomic mass is 16.5. The highest BCUT2D eigenvalue weighted by molar-refractivity contribution is 4.75. The molecule has 1 rings (SSSR count). The van der Waals surface area contributed by atoms with Gasteiger partial charge in [-0.1, -0.05) is 0 Å². The number of likely N-dealkylation sites (N-methyl/N-ethyl adjacent to an activating group) is 1. The van der Waals surface area contributed by atoms with E-state index in [0.717, 1.165) is 45.3 Å². The number of β-amino-alcohol motifs (C(OH)–C–C–N with tert-alkyl or cyclic N) is 1. The number of rotatable bonds is 8. The number of piperidine rings is 1. The van der Waals surface area contributed by atoms with E-state index in [-0.39, 0.29) is 6.10 Å². The van der Waals surface area contributed by atoms with Crippen molar-refractivity contribution in [1.82, 2.24) is 9.80 Å². The van der Waals surface area contributed by atoms with Gasteiger partial charge in [-0.2, -0.15) is 0 Å². The number of hydrogen-bond acceptors (Lipinski definition) is 4. The second kappa shape index (κ2) is 8.86. The van der Waals surface area contributed by atoms with Gasteiger partial charge >= 0.3 is 0 Å². The number of nitrogens with zero attached hydrogens (tertiary/aromatic N) is 2. The molecule has 1 heterocycles. The van der Waals surface area contributed by atoms with E-state index in [9.17, 15) is 5.11 Å². The fraction of sp³-hybridized carbons (Fsp3) is 1.00. The van der Waals surface area contributed by atoms with E-state index in [2.05, 4.69) is 16.8 Å². The molecule has 0 aliphatic carbocycles. The number of ether oxygens (including phenoxy) is 1. The third-order valence-corrected chi connectivity index (χ3v) is 3.62. The molecular weight excluding hydrogens is 228 g/mol. The molecule has 0 aromatic heterocycles. The molecule has 0 bridgehead atoms. The van der Waals surface area contributed by atoms with E-state index in [1.807, 2.05) is 13.8 Å². The molecule has 0 saturated carbocycles. The fourth-order valence-electron chi connectivity index (χ4n) is 2.62. The molecule has 18 heavy (non-hydrogen) atoms. The topological polar surface area (TPSA) is 35.9 Å². The Morgan fingerprint density at radius 3 is 2.61 bits per heavy atom. The standard InChI is InChI=1S/C14H30N2O2/c1-4-18-10-9-15(3)12-14-5-7-16(8-6-14)11-13(2)17/h13-14,17H,4-12H2,1-3H3. The number of hydrogen-bond donors (Lipinski definition) is 1. The molecule has 4 nitrogen and oxygen atoms in total. The van der Waals surface area contributed by atoms with Gasteiger partial charge in [-0.3, -0.25) is 0 Å². The van der Waals surface area contributed by atoms with Gasteiger partial charge in [0.2, 0.25) is 0 Å². The van der Waals surface area contributed by atoms with Crippen LogP contribution in [0.15, 0.2) is 0 Å². The molecule has 0 aromatic rings. The van der Waals surface area contributed by atoms with E-state index < -0.39 is 0 Å². The van der Waals surface area contributed by atoms with Crippen LogP contribution in [-0.2, 0) is 4.74 Å². The lowest BCUT2D eigenvalue weighted by atomic mass is 9.96. The van der Waals surface area contributed by atoms with Gasteiger partial charge in [0.1, 0.15) is 0 Å². The molecule has 1 fully saturated rings. The predicted octanol–water partition coefficient (Wildman–Crippen LogP) is 1.05. The summed E-state index contributed by atoms with van der Waals surface area (Å²) < 4.78 is 5.38.